The van der Waals surface area contributed by atoms with E-state index in [2.05, 4.69) is 31.3 Å². The molecule has 0 radical (unpaired) electrons. The van der Waals surface area contributed by atoms with Crippen molar-refractivity contribution in [1.29, 1.82) is 0 Å². The molecule has 4 heteroatoms. The standard InChI is InChI=1S/C60H117NO3/c1-3-5-7-9-11-13-15-17-19-21-23-25-26-27-28-29-30-31-32-33-34-36-37-39-41-43-45-47-49-51-53-55-59(63)58(57-62)61-60(64)56-54-52-50-48-46-44-42-40-38-35-24-22-20-18-16-14-12-10-8-6-4-2/h45,47,53,55,58-59,62-63H,3-44,46,48-52,54,56-57H2,1-2H3,(H,61,64)/b47-45+,55-53+. The second-order valence-corrected chi connectivity index (χ2v) is 20.4. The van der Waals surface area contributed by atoms with Crippen molar-refractivity contribution >= 4 is 5.91 Å². The molecule has 0 rings (SSSR count). The van der Waals surface area contributed by atoms with Crippen LogP contribution >= 0.6 is 0 Å². The van der Waals surface area contributed by atoms with Crippen LogP contribution in [0.25, 0.3) is 0 Å². The summed E-state index contributed by atoms with van der Waals surface area (Å²) in [5.74, 6) is -0.0665. The Balaban J connectivity index is 3.47. The average molecular weight is 901 g/mol. The molecular weight excluding hydrogens is 783 g/mol. The molecule has 4 nitrogen and oxygen atoms in total. The summed E-state index contributed by atoms with van der Waals surface area (Å²) >= 11 is 0. The molecule has 64 heavy (non-hydrogen) atoms. The van der Waals surface area contributed by atoms with Crippen molar-refractivity contribution in [3.63, 3.8) is 0 Å². The van der Waals surface area contributed by atoms with Gasteiger partial charge in [-0.3, -0.25) is 4.79 Å². The summed E-state index contributed by atoms with van der Waals surface area (Å²) in [6.45, 7) is 4.34. The van der Waals surface area contributed by atoms with Crippen molar-refractivity contribution in [2.45, 2.75) is 347 Å². The van der Waals surface area contributed by atoms with Gasteiger partial charge in [-0.1, -0.05) is 321 Å². The third kappa shape index (κ3) is 51.8. The minimum absolute atomic E-state index is 0.0665. The maximum Gasteiger partial charge on any atom is 0.220 e. The molecule has 0 aliphatic carbocycles. The molecule has 0 aliphatic heterocycles. The zero-order valence-electron chi connectivity index (χ0n) is 43.8. The minimum Gasteiger partial charge on any atom is -0.394 e. The van der Waals surface area contributed by atoms with Crippen LogP contribution in [0.5, 0.6) is 0 Å². The zero-order chi connectivity index (χ0) is 46.3. The lowest BCUT2D eigenvalue weighted by Gasteiger charge is -2.19. The lowest BCUT2D eigenvalue weighted by molar-refractivity contribution is -0.123. The number of allylic oxidation sites excluding steroid dienone is 3. The van der Waals surface area contributed by atoms with E-state index in [1.807, 2.05) is 6.08 Å². The summed E-state index contributed by atoms with van der Waals surface area (Å²) in [4.78, 5) is 12.5. The molecule has 2 unspecified atom stereocenters. The second-order valence-electron chi connectivity index (χ2n) is 20.4. The lowest BCUT2D eigenvalue weighted by Crippen LogP contribution is -2.45. The van der Waals surface area contributed by atoms with Crippen LogP contribution < -0.4 is 5.32 Å². The Bertz CT molecular complexity index is 932. The van der Waals surface area contributed by atoms with Gasteiger partial charge in [0, 0.05) is 6.42 Å². The first-order valence-corrected chi connectivity index (χ1v) is 29.6. The predicted molar refractivity (Wildman–Crippen MR) is 286 cm³/mol. The first-order chi connectivity index (χ1) is 31.7. The van der Waals surface area contributed by atoms with Crippen molar-refractivity contribution in [2.75, 3.05) is 6.61 Å². The molecule has 0 aliphatic rings. The largest absolute Gasteiger partial charge is 0.394 e. The fourth-order valence-electron chi connectivity index (χ4n) is 9.43. The summed E-state index contributed by atoms with van der Waals surface area (Å²) < 4.78 is 0. The van der Waals surface area contributed by atoms with Gasteiger partial charge in [-0.2, -0.15) is 0 Å². The number of rotatable bonds is 55. The highest BCUT2D eigenvalue weighted by Gasteiger charge is 2.18. The zero-order valence-corrected chi connectivity index (χ0v) is 43.8. The molecule has 0 aromatic heterocycles. The molecule has 0 saturated carbocycles. The minimum atomic E-state index is -0.860. The van der Waals surface area contributed by atoms with Gasteiger partial charge in [0.15, 0.2) is 0 Å². The van der Waals surface area contributed by atoms with E-state index in [1.165, 1.54) is 283 Å². The third-order valence-corrected chi connectivity index (χ3v) is 13.9. The fraction of sp³-hybridized carbons (Fsp3) is 0.917. The third-order valence-electron chi connectivity index (χ3n) is 13.9. The molecule has 0 spiro atoms. The molecule has 0 aromatic carbocycles. The first-order valence-electron chi connectivity index (χ1n) is 29.6. The Labute approximate surface area is 402 Å². The molecule has 0 saturated heterocycles. The molecule has 0 aromatic rings. The first kappa shape index (κ1) is 62.9. The number of unbranched alkanes of at least 4 members (excludes halogenated alkanes) is 46. The maximum absolute atomic E-state index is 12.5. The summed E-state index contributed by atoms with van der Waals surface area (Å²) in [6.07, 6.45) is 75.1. The van der Waals surface area contributed by atoms with Gasteiger partial charge in [-0.15, -0.1) is 0 Å². The highest BCUT2D eigenvalue weighted by molar-refractivity contribution is 5.76. The number of hydrogen-bond acceptors (Lipinski definition) is 3. The molecule has 2 atom stereocenters. The molecular formula is C60H117NO3. The van der Waals surface area contributed by atoms with Gasteiger partial charge in [0.05, 0.1) is 18.8 Å². The number of aliphatic hydroxyl groups is 2. The van der Waals surface area contributed by atoms with E-state index >= 15 is 0 Å². The quantitative estimate of drug-likeness (QED) is 0.0421. The van der Waals surface area contributed by atoms with Crippen LogP contribution in [0.15, 0.2) is 24.3 Å². The number of carbonyl (C=O) groups is 1. The summed E-state index contributed by atoms with van der Waals surface area (Å²) in [7, 11) is 0. The fourth-order valence-corrected chi connectivity index (χ4v) is 9.43. The van der Waals surface area contributed by atoms with Crippen LogP contribution in [0, 0.1) is 0 Å². The average Bonchev–Trinajstić information content (AvgIpc) is 3.30. The normalized spacial score (nSPS) is 12.9. The van der Waals surface area contributed by atoms with Crippen molar-refractivity contribution in [3.05, 3.63) is 24.3 Å². The molecule has 0 bridgehead atoms. The molecule has 0 fully saturated rings. The van der Waals surface area contributed by atoms with E-state index < -0.39 is 12.1 Å². The topological polar surface area (TPSA) is 69.6 Å². The Hall–Kier alpha value is -1.13. The van der Waals surface area contributed by atoms with E-state index in [9.17, 15) is 15.0 Å². The van der Waals surface area contributed by atoms with Gasteiger partial charge in [-0.05, 0) is 32.1 Å². The van der Waals surface area contributed by atoms with E-state index in [-0.39, 0.29) is 12.5 Å². The highest BCUT2D eigenvalue weighted by atomic mass is 16.3. The number of carbonyl (C=O) groups excluding carboxylic acids is 1. The smallest absolute Gasteiger partial charge is 0.220 e. The summed E-state index contributed by atoms with van der Waals surface area (Å²) in [6, 6.07) is -0.636. The van der Waals surface area contributed by atoms with E-state index in [4.69, 9.17) is 0 Å². The van der Waals surface area contributed by atoms with Crippen LogP contribution in [0.3, 0.4) is 0 Å². The van der Waals surface area contributed by atoms with Gasteiger partial charge >= 0.3 is 0 Å². The van der Waals surface area contributed by atoms with Crippen LogP contribution in [0.4, 0.5) is 0 Å². The second kappa shape index (κ2) is 56.2. The number of aliphatic hydroxyl groups excluding tert-OH is 2. The van der Waals surface area contributed by atoms with Crippen molar-refractivity contribution in [2.24, 2.45) is 0 Å². The van der Waals surface area contributed by atoms with E-state index in [1.54, 1.807) is 6.08 Å². The summed E-state index contributed by atoms with van der Waals surface area (Å²) in [5, 5.41) is 23.2. The van der Waals surface area contributed by atoms with Crippen LogP contribution in [-0.2, 0) is 4.79 Å². The van der Waals surface area contributed by atoms with Crippen molar-refractivity contribution in [1.82, 2.24) is 5.32 Å². The van der Waals surface area contributed by atoms with E-state index in [0.717, 1.165) is 32.1 Å². The summed E-state index contributed by atoms with van der Waals surface area (Å²) in [5.41, 5.74) is 0. The highest BCUT2D eigenvalue weighted by Crippen LogP contribution is 2.18. The Kier molecular flexibility index (Phi) is 55.2. The SMILES string of the molecule is CCCCCCCCCCCCCCCCCCCCCCCCCCC/C=C/CC/C=C/C(O)C(CO)NC(=O)CCCCCCCCCCCCCCCCCCCCCCC. The molecule has 380 valence electrons. The van der Waals surface area contributed by atoms with Gasteiger partial charge in [0.1, 0.15) is 0 Å². The molecule has 0 heterocycles. The van der Waals surface area contributed by atoms with Crippen LogP contribution in [-0.4, -0.2) is 34.9 Å². The molecule has 1 amide bonds. The van der Waals surface area contributed by atoms with Crippen LogP contribution in [0.1, 0.15) is 335 Å². The monoisotopic (exact) mass is 900 g/mol. The van der Waals surface area contributed by atoms with Crippen molar-refractivity contribution < 1.29 is 15.0 Å². The maximum atomic E-state index is 12.5. The van der Waals surface area contributed by atoms with E-state index in [0.29, 0.717) is 6.42 Å². The van der Waals surface area contributed by atoms with Gasteiger partial charge in [-0.25, -0.2) is 0 Å². The van der Waals surface area contributed by atoms with Gasteiger partial charge in [0.2, 0.25) is 5.91 Å². The van der Waals surface area contributed by atoms with Crippen LogP contribution in [0.2, 0.25) is 0 Å². The number of hydrogen-bond donors (Lipinski definition) is 3. The number of nitrogens with one attached hydrogen (secondary N) is 1. The molecule has 3 N–H and O–H groups in total. The Morgan fingerprint density at radius 2 is 0.609 bits per heavy atom. The van der Waals surface area contributed by atoms with Gasteiger partial charge < -0.3 is 15.5 Å². The lowest BCUT2D eigenvalue weighted by atomic mass is 10.0. The van der Waals surface area contributed by atoms with Gasteiger partial charge in [0.25, 0.3) is 0 Å². The van der Waals surface area contributed by atoms with Crippen molar-refractivity contribution in [3.8, 4) is 0 Å². The number of amides is 1. The predicted octanol–water partition coefficient (Wildman–Crippen LogP) is 19.5. The Morgan fingerprint density at radius 3 is 0.906 bits per heavy atom. The Morgan fingerprint density at radius 1 is 0.359 bits per heavy atom.